The molecule has 9 nitrogen and oxygen atoms in total. The molecule has 1 aromatic rings. The molecule has 0 aromatic heterocycles. The predicted molar refractivity (Wildman–Crippen MR) is 105 cm³/mol. The molecule has 13 heteroatoms. The van der Waals surface area contributed by atoms with Gasteiger partial charge < -0.3 is 16.2 Å². The molecule has 170 valence electrons. The maximum absolute atomic E-state index is 13.0. The molecular weight excluding hydrogens is 455 g/mol. The van der Waals surface area contributed by atoms with Gasteiger partial charge in [-0.3, -0.25) is 19.3 Å². The van der Waals surface area contributed by atoms with Gasteiger partial charge in [-0.15, -0.1) is 11.8 Å². The van der Waals surface area contributed by atoms with Crippen LogP contribution in [0.2, 0.25) is 0 Å². The van der Waals surface area contributed by atoms with Gasteiger partial charge in [-0.05, 0) is 13.0 Å². The van der Waals surface area contributed by atoms with Crippen LogP contribution in [-0.4, -0.2) is 70.0 Å². The Hall–Kier alpha value is -3.19. The highest BCUT2D eigenvalue weighted by Crippen LogP contribution is 2.47. The Bertz CT molecular complexity index is 1070. The molecule has 4 N–H and O–H groups in total. The van der Waals surface area contributed by atoms with Crippen LogP contribution in [0, 0.1) is 0 Å². The number of imide groups is 1. The molecule has 1 spiro atoms. The molecule has 1 saturated heterocycles. The summed E-state index contributed by atoms with van der Waals surface area (Å²) in [4.78, 5) is 61.2. The molecule has 4 rings (SSSR count). The van der Waals surface area contributed by atoms with Gasteiger partial charge in [0.15, 0.2) is 11.3 Å². The summed E-state index contributed by atoms with van der Waals surface area (Å²) in [7, 11) is 0. The fourth-order valence-electron chi connectivity index (χ4n) is 3.48. The van der Waals surface area contributed by atoms with E-state index < -0.39 is 29.6 Å². The smallest absolute Gasteiger partial charge is 0.475 e. The molecular formula is C19H16F3N3O6S. The number of benzene rings is 1. The van der Waals surface area contributed by atoms with Gasteiger partial charge in [-0.2, -0.15) is 13.2 Å². The molecule has 3 amide bonds. The van der Waals surface area contributed by atoms with Crippen LogP contribution in [0.25, 0.3) is 0 Å². The van der Waals surface area contributed by atoms with E-state index in [1.165, 1.54) is 0 Å². The molecule has 2 heterocycles. The maximum Gasteiger partial charge on any atom is 0.490 e. The van der Waals surface area contributed by atoms with Gasteiger partial charge in [-0.1, -0.05) is 24.3 Å². The topological polar surface area (TPSA) is 147 Å². The van der Waals surface area contributed by atoms with Crippen LogP contribution >= 0.6 is 11.8 Å². The molecule has 0 radical (unpaired) electrons. The summed E-state index contributed by atoms with van der Waals surface area (Å²) in [6.07, 6.45) is -4.61. The van der Waals surface area contributed by atoms with E-state index in [1.54, 1.807) is 24.3 Å². The Morgan fingerprint density at radius 3 is 2.25 bits per heavy atom. The van der Waals surface area contributed by atoms with Gasteiger partial charge >= 0.3 is 18.2 Å². The van der Waals surface area contributed by atoms with Crippen molar-refractivity contribution in [3.8, 4) is 0 Å². The van der Waals surface area contributed by atoms with Gasteiger partial charge in [0.1, 0.15) is 0 Å². The number of hydrogen-bond donors (Lipinski definition) is 3. The number of allylic oxidation sites excluding steroid dienone is 1. The number of carbonyl (C=O) groups is 5. The van der Waals surface area contributed by atoms with Crippen LogP contribution in [0.15, 0.2) is 34.7 Å². The molecule has 0 saturated carbocycles. The number of halogens is 3. The van der Waals surface area contributed by atoms with Crippen molar-refractivity contribution in [3.63, 3.8) is 0 Å². The number of ketones is 2. The van der Waals surface area contributed by atoms with E-state index in [0.29, 0.717) is 18.5 Å². The first kappa shape index (κ1) is 23.5. The first-order valence-electron chi connectivity index (χ1n) is 9.16. The Morgan fingerprint density at radius 1 is 1.16 bits per heavy atom. The highest BCUT2D eigenvalue weighted by molar-refractivity contribution is 8.04. The fourth-order valence-corrected chi connectivity index (χ4v) is 4.83. The zero-order chi connectivity index (χ0) is 23.8. The SMILES string of the molecule is NCCCN1C(=O)NC2(CSC3=C2C(=O)c2ccccc2C3=O)C1=O.O=C(O)C(F)(F)F. The number of nitrogens with zero attached hydrogens (tertiary/aromatic N) is 1. The minimum Gasteiger partial charge on any atom is -0.475 e. The minimum absolute atomic E-state index is 0.106. The molecule has 32 heavy (non-hydrogen) atoms. The average Bonchev–Trinajstić information content (AvgIpc) is 3.23. The van der Waals surface area contributed by atoms with Crippen molar-refractivity contribution in [2.45, 2.75) is 18.1 Å². The highest BCUT2D eigenvalue weighted by atomic mass is 32.2. The lowest BCUT2D eigenvalue weighted by molar-refractivity contribution is -0.192. The molecule has 1 aliphatic carbocycles. The minimum atomic E-state index is -5.08. The van der Waals surface area contributed by atoms with Crippen LogP contribution in [0.3, 0.4) is 0 Å². The van der Waals surface area contributed by atoms with Gasteiger partial charge in [0.25, 0.3) is 5.91 Å². The number of aliphatic carboxylic acids is 1. The number of urea groups is 1. The number of alkyl halides is 3. The monoisotopic (exact) mass is 471 g/mol. The summed E-state index contributed by atoms with van der Waals surface area (Å²) in [5.41, 5.74) is 4.73. The second-order valence-corrected chi connectivity index (χ2v) is 7.92. The maximum atomic E-state index is 13.0. The summed E-state index contributed by atoms with van der Waals surface area (Å²) in [6.45, 7) is 0.534. The second-order valence-electron chi connectivity index (χ2n) is 6.93. The zero-order valence-corrected chi connectivity index (χ0v) is 17.0. The summed E-state index contributed by atoms with van der Waals surface area (Å²) < 4.78 is 31.7. The van der Waals surface area contributed by atoms with Crippen molar-refractivity contribution in [2.75, 3.05) is 18.8 Å². The number of thioether (sulfide) groups is 1. The third-order valence-corrected chi connectivity index (χ3v) is 6.20. The standard InChI is InChI=1S/C17H15N3O4S.C2HF3O2/c18-6-3-7-20-15(23)17(19-16(20)24)8-25-14-11(17)12(21)9-4-1-2-5-10(9)13(14)22;3-2(4,5)1(6)7/h1-2,4-5H,3,6-8,18H2,(H,19,24);(H,6,7). The summed E-state index contributed by atoms with van der Waals surface area (Å²) in [6, 6.07) is 6.00. The van der Waals surface area contributed by atoms with E-state index in [-0.39, 0.29) is 39.9 Å². The number of hydrogen-bond acceptors (Lipinski definition) is 7. The fraction of sp³-hybridized carbons (Fsp3) is 0.316. The zero-order valence-electron chi connectivity index (χ0n) is 16.2. The number of nitrogens with two attached hydrogens (primary N) is 1. The van der Waals surface area contributed by atoms with Gasteiger partial charge in [0.05, 0.1) is 10.5 Å². The quantitative estimate of drug-likeness (QED) is 0.560. The molecule has 2 aliphatic heterocycles. The van der Waals surface area contributed by atoms with Gasteiger partial charge in [0, 0.05) is 23.4 Å². The molecule has 0 bridgehead atoms. The summed E-state index contributed by atoms with van der Waals surface area (Å²) in [5, 5.41) is 9.79. The van der Waals surface area contributed by atoms with Gasteiger partial charge in [0.2, 0.25) is 5.78 Å². The highest BCUT2D eigenvalue weighted by Gasteiger charge is 2.60. The van der Waals surface area contributed by atoms with Crippen LogP contribution in [0.1, 0.15) is 27.1 Å². The Labute approximate surface area is 182 Å². The lowest BCUT2D eigenvalue weighted by Crippen LogP contribution is -2.52. The molecule has 1 aromatic carbocycles. The Kier molecular flexibility index (Phi) is 6.15. The largest absolute Gasteiger partial charge is 0.490 e. The van der Waals surface area contributed by atoms with Crippen molar-refractivity contribution < 1.29 is 42.3 Å². The summed E-state index contributed by atoms with van der Waals surface area (Å²) >= 11 is 1.15. The normalized spacial score (nSPS) is 21.9. The van der Waals surface area contributed by atoms with Crippen molar-refractivity contribution >= 4 is 41.2 Å². The number of carboxylic acid groups (broad SMARTS) is 1. The first-order valence-corrected chi connectivity index (χ1v) is 10.1. The molecule has 1 fully saturated rings. The number of nitrogens with one attached hydrogen (secondary N) is 1. The van der Waals surface area contributed by atoms with Crippen molar-refractivity contribution in [3.05, 3.63) is 45.9 Å². The van der Waals surface area contributed by atoms with Crippen molar-refractivity contribution in [1.82, 2.24) is 10.2 Å². The average molecular weight is 471 g/mol. The van der Waals surface area contributed by atoms with Crippen LogP contribution in [-0.2, 0) is 9.59 Å². The lowest BCUT2D eigenvalue weighted by atomic mass is 9.79. The van der Waals surface area contributed by atoms with Gasteiger partial charge in [-0.25, -0.2) is 9.59 Å². The number of fused-ring (bicyclic) bond motifs is 2. The summed E-state index contributed by atoms with van der Waals surface area (Å²) in [5.74, 6) is -3.73. The van der Waals surface area contributed by atoms with Crippen LogP contribution in [0.4, 0.5) is 18.0 Å². The van der Waals surface area contributed by atoms with E-state index in [0.717, 1.165) is 16.7 Å². The Balaban J connectivity index is 0.000000360. The predicted octanol–water partition coefficient (Wildman–Crippen LogP) is 1.34. The van der Waals surface area contributed by atoms with Crippen molar-refractivity contribution in [2.24, 2.45) is 5.73 Å². The van der Waals surface area contributed by atoms with Crippen LogP contribution < -0.4 is 11.1 Å². The number of amides is 3. The third-order valence-electron chi connectivity index (χ3n) is 4.94. The van der Waals surface area contributed by atoms with Crippen molar-refractivity contribution in [1.29, 1.82) is 0 Å². The number of rotatable bonds is 3. The number of carbonyl (C=O) groups excluding carboxylic acids is 4. The van der Waals surface area contributed by atoms with Crippen LogP contribution in [0.5, 0.6) is 0 Å². The van der Waals surface area contributed by atoms with E-state index in [9.17, 15) is 32.3 Å². The molecule has 1 atom stereocenters. The number of Topliss-reactive ketones (excluding diaryl/α,β-unsaturated/α-hetero) is 2. The first-order chi connectivity index (χ1) is 15.0. The van der Waals surface area contributed by atoms with E-state index in [4.69, 9.17) is 15.6 Å². The molecule has 3 aliphatic rings. The van der Waals surface area contributed by atoms with E-state index in [2.05, 4.69) is 5.32 Å². The van der Waals surface area contributed by atoms with E-state index >= 15 is 0 Å². The van der Waals surface area contributed by atoms with E-state index in [1.807, 2.05) is 0 Å². The third kappa shape index (κ3) is 3.77. The lowest BCUT2D eigenvalue weighted by Gasteiger charge is -2.25. The second kappa shape index (κ2) is 8.39. The number of carboxylic acids is 1. The Morgan fingerprint density at radius 2 is 1.72 bits per heavy atom. The molecule has 1 unspecified atom stereocenters.